The van der Waals surface area contributed by atoms with E-state index < -0.39 is 0 Å². The van der Waals surface area contributed by atoms with Crippen LogP contribution in [0.15, 0.2) is 24.3 Å². The molecule has 0 unspecified atom stereocenters. The molecule has 4 heteroatoms. The Labute approximate surface area is 121 Å². The van der Waals surface area contributed by atoms with Crippen molar-refractivity contribution in [2.24, 2.45) is 0 Å². The number of nitrogens with one attached hydrogen (secondary N) is 1. The zero-order valence-corrected chi connectivity index (χ0v) is 12.4. The molecule has 1 saturated heterocycles. The third-order valence-corrected chi connectivity index (χ3v) is 3.79. The standard InChI is InChI=1S/C16H24N2O2/c1-3-11-18(14-7-9-17-10-8-14)16(19)13-5-4-6-15(12-13)20-2/h4-6,12,14,17H,3,7-11H2,1-2H3. The first-order chi connectivity index (χ1) is 9.76. The van der Waals surface area contributed by atoms with Gasteiger partial charge < -0.3 is 15.0 Å². The molecule has 1 aromatic carbocycles. The van der Waals surface area contributed by atoms with Gasteiger partial charge in [-0.05, 0) is 50.6 Å². The van der Waals surface area contributed by atoms with E-state index in [1.54, 1.807) is 7.11 Å². The fraction of sp³-hybridized carbons (Fsp3) is 0.562. The first-order valence-corrected chi connectivity index (χ1v) is 7.42. The summed E-state index contributed by atoms with van der Waals surface area (Å²) in [6.45, 7) is 4.93. The molecule has 0 aromatic heterocycles. The second-order valence-electron chi connectivity index (χ2n) is 5.21. The van der Waals surface area contributed by atoms with Crippen LogP contribution in [0.4, 0.5) is 0 Å². The van der Waals surface area contributed by atoms with Crippen molar-refractivity contribution in [2.75, 3.05) is 26.7 Å². The van der Waals surface area contributed by atoms with Crippen molar-refractivity contribution < 1.29 is 9.53 Å². The van der Waals surface area contributed by atoms with E-state index in [9.17, 15) is 4.79 Å². The van der Waals surface area contributed by atoms with Gasteiger partial charge in [0, 0.05) is 18.2 Å². The Kier molecular flexibility index (Phi) is 5.41. The molecular weight excluding hydrogens is 252 g/mol. The predicted molar refractivity (Wildman–Crippen MR) is 80.2 cm³/mol. The fourth-order valence-electron chi connectivity index (χ4n) is 2.73. The van der Waals surface area contributed by atoms with Crippen LogP contribution < -0.4 is 10.1 Å². The van der Waals surface area contributed by atoms with Crippen LogP contribution in [-0.4, -0.2) is 43.6 Å². The molecule has 1 aromatic rings. The number of benzene rings is 1. The fourth-order valence-corrected chi connectivity index (χ4v) is 2.73. The Balaban J connectivity index is 2.16. The maximum absolute atomic E-state index is 12.8. The van der Waals surface area contributed by atoms with Gasteiger partial charge in [-0.3, -0.25) is 4.79 Å². The summed E-state index contributed by atoms with van der Waals surface area (Å²) < 4.78 is 5.21. The Hall–Kier alpha value is -1.55. The van der Waals surface area contributed by atoms with Crippen LogP contribution in [-0.2, 0) is 0 Å². The SMILES string of the molecule is CCCN(C(=O)c1cccc(OC)c1)C1CCNCC1. The molecule has 1 aliphatic heterocycles. The minimum absolute atomic E-state index is 0.123. The summed E-state index contributed by atoms with van der Waals surface area (Å²) in [5, 5.41) is 3.35. The number of nitrogens with zero attached hydrogens (tertiary/aromatic N) is 1. The van der Waals surface area contributed by atoms with Crippen molar-refractivity contribution >= 4 is 5.91 Å². The summed E-state index contributed by atoms with van der Waals surface area (Å²) in [6, 6.07) is 7.79. The normalized spacial score (nSPS) is 15.9. The second-order valence-corrected chi connectivity index (χ2v) is 5.21. The van der Waals surface area contributed by atoms with Crippen LogP contribution >= 0.6 is 0 Å². The zero-order valence-electron chi connectivity index (χ0n) is 12.4. The van der Waals surface area contributed by atoms with Crippen LogP contribution in [0.3, 0.4) is 0 Å². The number of carbonyl (C=O) groups is 1. The minimum Gasteiger partial charge on any atom is -0.497 e. The van der Waals surface area contributed by atoms with Gasteiger partial charge in [-0.25, -0.2) is 0 Å². The van der Waals surface area contributed by atoms with E-state index in [4.69, 9.17) is 4.74 Å². The van der Waals surface area contributed by atoms with E-state index in [-0.39, 0.29) is 5.91 Å². The maximum atomic E-state index is 12.8. The van der Waals surface area contributed by atoms with E-state index in [1.165, 1.54) is 0 Å². The first kappa shape index (κ1) is 14.9. The number of carbonyl (C=O) groups excluding carboxylic acids is 1. The number of rotatable bonds is 5. The van der Waals surface area contributed by atoms with Crippen molar-refractivity contribution in [1.82, 2.24) is 10.2 Å². The number of methoxy groups -OCH3 is 1. The monoisotopic (exact) mass is 276 g/mol. The molecule has 20 heavy (non-hydrogen) atoms. The van der Waals surface area contributed by atoms with Gasteiger partial charge >= 0.3 is 0 Å². The third kappa shape index (κ3) is 3.51. The zero-order chi connectivity index (χ0) is 14.4. The number of ether oxygens (including phenoxy) is 1. The molecule has 2 rings (SSSR count). The van der Waals surface area contributed by atoms with E-state index >= 15 is 0 Å². The van der Waals surface area contributed by atoms with Gasteiger partial charge in [-0.15, -0.1) is 0 Å². The molecule has 1 N–H and O–H groups in total. The van der Waals surface area contributed by atoms with Crippen molar-refractivity contribution in [3.63, 3.8) is 0 Å². The molecule has 4 nitrogen and oxygen atoms in total. The summed E-state index contributed by atoms with van der Waals surface area (Å²) in [6.07, 6.45) is 3.06. The lowest BCUT2D eigenvalue weighted by Crippen LogP contribution is -2.46. The molecule has 1 amide bonds. The highest BCUT2D eigenvalue weighted by Gasteiger charge is 2.25. The lowest BCUT2D eigenvalue weighted by molar-refractivity contribution is 0.0642. The average molecular weight is 276 g/mol. The lowest BCUT2D eigenvalue weighted by Gasteiger charge is -2.34. The van der Waals surface area contributed by atoms with E-state index in [0.29, 0.717) is 6.04 Å². The Morgan fingerprint density at radius 2 is 2.15 bits per heavy atom. The van der Waals surface area contributed by atoms with Gasteiger partial charge in [0.05, 0.1) is 7.11 Å². The van der Waals surface area contributed by atoms with Gasteiger partial charge in [0.25, 0.3) is 5.91 Å². The molecule has 0 saturated carbocycles. The van der Waals surface area contributed by atoms with Gasteiger partial charge in [0.15, 0.2) is 0 Å². The summed E-state index contributed by atoms with van der Waals surface area (Å²) >= 11 is 0. The minimum atomic E-state index is 0.123. The van der Waals surface area contributed by atoms with Gasteiger partial charge in [0.2, 0.25) is 0 Å². The molecular formula is C16H24N2O2. The smallest absolute Gasteiger partial charge is 0.254 e. The molecule has 0 spiro atoms. The summed E-state index contributed by atoms with van der Waals surface area (Å²) in [5.41, 5.74) is 0.719. The van der Waals surface area contributed by atoms with Gasteiger partial charge in [-0.2, -0.15) is 0 Å². The number of piperidine rings is 1. The van der Waals surface area contributed by atoms with Crippen molar-refractivity contribution in [3.05, 3.63) is 29.8 Å². The largest absolute Gasteiger partial charge is 0.497 e. The van der Waals surface area contributed by atoms with E-state index in [2.05, 4.69) is 12.2 Å². The number of amides is 1. The number of hydrogen-bond acceptors (Lipinski definition) is 3. The van der Waals surface area contributed by atoms with Gasteiger partial charge in [-0.1, -0.05) is 13.0 Å². The predicted octanol–water partition coefficient (Wildman–Crippen LogP) is 2.30. The first-order valence-electron chi connectivity index (χ1n) is 7.42. The van der Waals surface area contributed by atoms with Crippen molar-refractivity contribution in [1.29, 1.82) is 0 Å². The molecule has 110 valence electrons. The number of hydrogen-bond donors (Lipinski definition) is 1. The topological polar surface area (TPSA) is 41.6 Å². The maximum Gasteiger partial charge on any atom is 0.254 e. The van der Waals surface area contributed by atoms with E-state index in [1.807, 2.05) is 29.2 Å². The van der Waals surface area contributed by atoms with Gasteiger partial charge in [0.1, 0.15) is 5.75 Å². The summed E-state index contributed by atoms with van der Waals surface area (Å²) in [5.74, 6) is 0.857. The molecule has 1 aliphatic rings. The van der Waals surface area contributed by atoms with Crippen LogP contribution in [0.5, 0.6) is 5.75 Å². The van der Waals surface area contributed by atoms with Crippen LogP contribution in [0, 0.1) is 0 Å². The highest BCUT2D eigenvalue weighted by Crippen LogP contribution is 2.19. The second kappa shape index (κ2) is 7.29. The molecule has 0 atom stereocenters. The molecule has 0 bridgehead atoms. The molecule has 0 aliphatic carbocycles. The quantitative estimate of drug-likeness (QED) is 0.897. The Morgan fingerprint density at radius 3 is 2.80 bits per heavy atom. The lowest BCUT2D eigenvalue weighted by atomic mass is 10.0. The van der Waals surface area contributed by atoms with Crippen LogP contribution in [0.25, 0.3) is 0 Å². The third-order valence-electron chi connectivity index (χ3n) is 3.79. The Morgan fingerprint density at radius 1 is 1.40 bits per heavy atom. The van der Waals surface area contributed by atoms with Crippen LogP contribution in [0.1, 0.15) is 36.5 Å². The molecule has 1 fully saturated rings. The van der Waals surface area contributed by atoms with E-state index in [0.717, 1.165) is 50.2 Å². The van der Waals surface area contributed by atoms with Crippen molar-refractivity contribution in [2.45, 2.75) is 32.2 Å². The Bertz CT molecular complexity index is 442. The summed E-state index contributed by atoms with van der Waals surface area (Å²) in [4.78, 5) is 14.8. The highest BCUT2D eigenvalue weighted by molar-refractivity contribution is 5.94. The summed E-state index contributed by atoms with van der Waals surface area (Å²) in [7, 11) is 1.63. The molecule has 1 heterocycles. The highest BCUT2D eigenvalue weighted by atomic mass is 16.5. The average Bonchev–Trinajstić information content (AvgIpc) is 2.53. The van der Waals surface area contributed by atoms with Crippen LogP contribution in [0.2, 0.25) is 0 Å². The molecule has 0 radical (unpaired) electrons. The van der Waals surface area contributed by atoms with Crippen molar-refractivity contribution in [3.8, 4) is 5.75 Å².